The number of nitrogens with one attached hydrogen (secondary N) is 1. The summed E-state index contributed by atoms with van der Waals surface area (Å²) in [4.78, 5) is 27.3. The van der Waals surface area contributed by atoms with E-state index in [0.717, 1.165) is 29.7 Å². The largest absolute Gasteiger partial charge is 0.508 e. The number of hydrogen-bond acceptors (Lipinski definition) is 5. The molecule has 8 heteroatoms. The third kappa shape index (κ3) is 4.91. The number of benzene rings is 2. The van der Waals surface area contributed by atoms with Crippen molar-refractivity contribution in [2.75, 3.05) is 13.1 Å². The van der Waals surface area contributed by atoms with E-state index in [-0.39, 0.29) is 41.6 Å². The minimum atomic E-state index is -0.663. The summed E-state index contributed by atoms with van der Waals surface area (Å²) in [5, 5.41) is 13.1. The van der Waals surface area contributed by atoms with Crippen LogP contribution >= 0.6 is 11.6 Å². The third-order valence-corrected chi connectivity index (χ3v) is 8.05. The molecular weight excluding hydrogens is 480 g/mol. The number of likely N-dealkylation sites (tertiary alicyclic amines) is 1. The summed E-state index contributed by atoms with van der Waals surface area (Å²) in [6, 6.07) is 11.8. The van der Waals surface area contributed by atoms with E-state index in [1.54, 1.807) is 24.3 Å². The molecule has 192 valence electrons. The maximum atomic E-state index is 13.6. The summed E-state index contributed by atoms with van der Waals surface area (Å²) in [6.07, 6.45) is 1.94. The van der Waals surface area contributed by atoms with Crippen molar-refractivity contribution in [3.8, 4) is 11.5 Å². The highest BCUT2D eigenvalue weighted by Crippen LogP contribution is 2.53. The maximum absolute atomic E-state index is 13.6. The van der Waals surface area contributed by atoms with Gasteiger partial charge in [0, 0.05) is 48.9 Å². The van der Waals surface area contributed by atoms with Crippen LogP contribution in [0.15, 0.2) is 42.5 Å². The molecule has 2 aromatic carbocycles. The van der Waals surface area contributed by atoms with Gasteiger partial charge in [-0.05, 0) is 62.6 Å². The van der Waals surface area contributed by atoms with Gasteiger partial charge in [0.25, 0.3) is 0 Å². The zero-order valence-corrected chi connectivity index (χ0v) is 21.6. The van der Waals surface area contributed by atoms with Gasteiger partial charge in [-0.15, -0.1) is 0 Å². The molecule has 7 nitrogen and oxygen atoms in total. The average Bonchev–Trinajstić information content (AvgIpc) is 2.83. The first kappa shape index (κ1) is 24.9. The summed E-state index contributed by atoms with van der Waals surface area (Å²) in [5.74, 6) is 0.962. The van der Waals surface area contributed by atoms with Gasteiger partial charge in [0.15, 0.2) is 0 Å². The van der Waals surface area contributed by atoms with Gasteiger partial charge in [-0.1, -0.05) is 23.7 Å². The molecule has 3 aliphatic heterocycles. The Kier molecular flexibility index (Phi) is 6.64. The van der Waals surface area contributed by atoms with E-state index in [1.807, 2.05) is 23.1 Å². The molecule has 2 aromatic rings. The molecule has 0 aromatic heterocycles. The van der Waals surface area contributed by atoms with Crippen LogP contribution in [-0.2, 0) is 20.7 Å². The molecule has 2 N–H and O–H groups in total. The number of halogens is 1. The number of carbonyl (C=O) groups excluding carboxylic acids is 2. The molecule has 3 aliphatic rings. The molecule has 5 atom stereocenters. The molecule has 2 amide bonds. The van der Waals surface area contributed by atoms with Gasteiger partial charge < -0.3 is 24.8 Å². The monoisotopic (exact) mass is 512 g/mol. The van der Waals surface area contributed by atoms with Crippen molar-refractivity contribution in [1.29, 1.82) is 0 Å². The summed E-state index contributed by atoms with van der Waals surface area (Å²) in [5.41, 5.74) is 1.46. The van der Waals surface area contributed by atoms with Crippen LogP contribution in [0.2, 0.25) is 5.02 Å². The Bertz CT molecular complexity index is 1150. The Morgan fingerprint density at radius 1 is 1.22 bits per heavy atom. The number of amides is 2. The highest BCUT2D eigenvalue weighted by molar-refractivity contribution is 6.30. The Balaban J connectivity index is 1.32. The van der Waals surface area contributed by atoms with Crippen molar-refractivity contribution in [3.05, 3.63) is 58.6 Å². The highest BCUT2D eigenvalue weighted by atomic mass is 35.5. The number of ether oxygens (including phenoxy) is 2. The van der Waals surface area contributed by atoms with Gasteiger partial charge >= 0.3 is 0 Å². The van der Waals surface area contributed by atoms with Crippen LogP contribution in [0.5, 0.6) is 11.5 Å². The van der Waals surface area contributed by atoms with Gasteiger partial charge in [-0.2, -0.15) is 0 Å². The molecule has 36 heavy (non-hydrogen) atoms. The molecule has 0 spiro atoms. The minimum absolute atomic E-state index is 0.0485. The number of piperidine rings is 1. The van der Waals surface area contributed by atoms with Gasteiger partial charge in [0.2, 0.25) is 11.8 Å². The molecule has 0 bridgehead atoms. The number of phenols is 1. The number of hydrogen-bond donors (Lipinski definition) is 2. The van der Waals surface area contributed by atoms with E-state index in [2.05, 4.69) is 19.2 Å². The van der Waals surface area contributed by atoms with Crippen LogP contribution in [-0.4, -0.2) is 52.7 Å². The lowest BCUT2D eigenvalue weighted by molar-refractivity contribution is -0.189. The Morgan fingerprint density at radius 2 is 1.97 bits per heavy atom. The fraction of sp³-hybridized carbons (Fsp3) is 0.500. The van der Waals surface area contributed by atoms with Crippen molar-refractivity contribution in [3.63, 3.8) is 0 Å². The van der Waals surface area contributed by atoms with E-state index in [1.165, 1.54) is 6.92 Å². The lowest BCUT2D eigenvalue weighted by Gasteiger charge is -2.53. The first-order valence-corrected chi connectivity index (χ1v) is 13.0. The number of fused-ring (bicyclic) bond motifs is 4. The zero-order valence-electron chi connectivity index (χ0n) is 20.9. The van der Waals surface area contributed by atoms with E-state index >= 15 is 0 Å². The van der Waals surface area contributed by atoms with E-state index in [0.29, 0.717) is 24.5 Å². The number of carbonyl (C=O) groups is 2. The van der Waals surface area contributed by atoms with E-state index in [9.17, 15) is 14.7 Å². The Morgan fingerprint density at radius 3 is 2.69 bits per heavy atom. The van der Waals surface area contributed by atoms with Crippen molar-refractivity contribution in [1.82, 2.24) is 10.2 Å². The SMILES string of the molecule is CC(=O)N[C@H](Cc1ccc(O)cc1)C(=O)N1CC[C@@H]2O[C@@H]3c4cc(Cl)ccc4OC(C)(C)[C@H]3C[C@@H]2C1. The zero-order chi connectivity index (χ0) is 25.6. The second kappa shape index (κ2) is 9.60. The molecule has 0 radical (unpaired) electrons. The topological polar surface area (TPSA) is 88.1 Å². The molecule has 3 heterocycles. The van der Waals surface area contributed by atoms with E-state index < -0.39 is 11.6 Å². The molecule has 0 saturated carbocycles. The summed E-state index contributed by atoms with van der Waals surface area (Å²) >= 11 is 6.30. The number of phenolic OH excluding ortho intramolecular Hbond substituents is 1. The summed E-state index contributed by atoms with van der Waals surface area (Å²) in [7, 11) is 0. The molecule has 5 rings (SSSR count). The second-order valence-corrected chi connectivity index (χ2v) is 11.2. The van der Waals surface area contributed by atoms with Crippen LogP contribution in [0.25, 0.3) is 0 Å². The smallest absolute Gasteiger partial charge is 0.245 e. The van der Waals surface area contributed by atoms with Crippen molar-refractivity contribution in [2.24, 2.45) is 11.8 Å². The van der Waals surface area contributed by atoms with Gasteiger partial charge in [-0.25, -0.2) is 0 Å². The number of aromatic hydroxyl groups is 1. The number of nitrogens with zero attached hydrogens (tertiary/aromatic N) is 1. The van der Waals surface area contributed by atoms with E-state index in [4.69, 9.17) is 21.1 Å². The van der Waals surface area contributed by atoms with Crippen LogP contribution in [0.1, 0.15) is 50.8 Å². The standard InChI is InChI=1S/C28H33ClN2O5/c1-16(32)30-23(12-17-4-7-20(33)8-5-17)27(34)31-11-10-24-18(15-31)13-22-26(35-24)21-14-19(29)6-9-25(21)36-28(22,2)3/h4-9,14,18,22-24,26,33H,10-13,15H2,1-3H3,(H,30,32)/t18-,22+,23-,24+,26-/m1/s1. The fourth-order valence-electron chi connectivity index (χ4n) is 6.01. The summed E-state index contributed by atoms with van der Waals surface area (Å²) in [6.45, 7) is 6.78. The molecule has 0 unspecified atom stereocenters. The van der Waals surface area contributed by atoms with Crippen LogP contribution in [0.3, 0.4) is 0 Å². The fourth-order valence-corrected chi connectivity index (χ4v) is 6.20. The first-order valence-electron chi connectivity index (χ1n) is 12.6. The maximum Gasteiger partial charge on any atom is 0.245 e. The normalized spacial score (nSPS) is 27.1. The highest BCUT2D eigenvalue weighted by Gasteiger charge is 2.51. The second-order valence-electron chi connectivity index (χ2n) is 10.8. The molecular formula is C28H33ClN2O5. The Hall–Kier alpha value is -2.77. The Labute approximate surface area is 216 Å². The molecule has 2 fully saturated rings. The average molecular weight is 513 g/mol. The predicted molar refractivity (Wildman–Crippen MR) is 136 cm³/mol. The first-order chi connectivity index (χ1) is 17.1. The third-order valence-electron chi connectivity index (χ3n) is 7.82. The van der Waals surface area contributed by atoms with Gasteiger partial charge in [0.1, 0.15) is 23.1 Å². The van der Waals surface area contributed by atoms with Gasteiger partial charge in [-0.3, -0.25) is 9.59 Å². The van der Waals surface area contributed by atoms with Crippen molar-refractivity contribution in [2.45, 2.75) is 63.9 Å². The summed E-state index contributed by atoms with van der Waals surface area (Å²) < 4.78 is 13.1. The lowest BCUT2D eigenvalue weighted by Crippen LogP contribution is -2.58. The quantitative estimate of drug-likeness (QED) is 0.639. The van der Waals surface area contributed by atoms with Crippen molar-refractivity contribution >= 4 is 23.4 Å². The van der Waals surface area contributed by atoms with Crippen LogP contribution < -0.4 is 10.1 Å². The molecule has 0 aliphatic carbocycles. The van der Waals surface area contributed by atoms with Crippen LogP contribution in [0, 0.1) is 11.8 Å². The predicted octanol–water partition coefficient (Wildman–Crippen LogP) is 4.26. The van der Waals surface area contributed by atoms with Crippen LogP contribution in [0.4, 0.5) is 0 Å². The van der Waals surface area contributed by atoms with Crippen molar-refractivity contribution < 1.29 is 24.2 Å². The number of rotatable bonds is 4. The van der Waals surface area contributed by atoms with Gasteiger partial charge in [0.05, 0.1) is 12.2 Å². The minimum Gasteiger partial charge on any atom is -0.508 e. The lowest BCUT2D eigenvalue weighted by atomic mass is 9.70. The molecule has 2 saturated heterocycles.